The van der Waals surface area contributed by atoms with Gasteiger partial charge in [0.05, 0.1) is 25.3 Å². The fourth-order valence-electron chi connectivity index (χ4n) is 0.997. The molecule has 4 nitrogen and oxygen atoms in total. The number of hydrogen-bond donors (Lipinski definition) is 0. The third kappa shape index (κ3) is 1.90. The van der Waals surface area contributed by atoms with E-state index in [1.54, 1.807) is 0 Å². The maximum absolute atomic E-state index is 11.2. The van der Waals surface area contributed by atoms with Crippen LogP contribution in [0.2, 0.25) is 0 Å². The molecule has 0 atom stereocenters. The first-order valence-corrected chi connectivity index (χ1v) is 3.87. The molecule has 0 aliphatic carbocycles. The van der Waals surface area contributed by atoms with Crippen molar-refractivity contribution < 1.29 is 19.1 Å². The van der Waals surface area contributed by atoms with Crippen LogP contribution in [0.25, 0.3) is 0 Å². The van der Waals surface area contributed by atoms with Crippen LogP contribution in [0.1, 0.15) is 20.7 Å². The van der Waals surface area contributed by atoms with Crippen molar-refractivity contribution in [1.29, 1.82) is 0 Å². The Hall–Kier alpha value is -1.84. The van der Waals surface area contributed by atoms with Gasteiger partial charge >= 0.3 is 11.9 Å². The molecular weight excluding hydrogens is 184 g/mol. The molecule has 0 spiro atoms. The Bertz CT molecular complexity index is 322. The molecule has 0 aromatic heterocycles. The van der Waals surface area contributed by atoms with Crippen LogP contribution in [0, 0.1) is 6.07 Å². The van der Waals surface area contributed by atoms with Crippen molar-refractivity contribution in [3.8, 4) is 0 Å². The van der Waals surface area contributed by atoms with E-state index in [9.17, 15) is 9.59 Å². The monoisotopic (exact) mass is 193 g/mol. The van der Waals surface area contributed by atoms with E-state index >= 15 is 0 Å². The van der Waals surface area contributed by atoms with E-state index in [1.165, 1.54) is 32.4 Å². The Morgan fingerprint density at radius 2 is 1.71 bits per heavy atom. The van der Waals surface area contributed by atoms with Gasteiger partial charge < -0.3 is 9.47 Å². The van der Waals surface area contributed by atoms with E-state index in [0.717, 1.165) is 0 Å². The van der Waals surface area contributed by atoms with Gasteiger partial charge in [0.1, 0.15) is 0 Å². The highest BCUT2D eigenvalue weighted by molar-refractivity contribution is 6.02. The summed E-state index contributed by atoms with van der Waals surface area (Å²) in [5, 5.41) is 0. The van der Waals surface area contributed by atoms with Gasteiger partial charge in [0, 0.05) is 0 Å². The van der Waals surface area contributed by atoms with Crippen molar-refractivity contribution in [2.24, 2.45) is 0 Å². The molecule has 73 valence electrons. The summed E-state index contributed by atoms with van der Waals surface area (Å²) in [4.78, 5) is 22.4. The summed E-state index contributed by atoms with van der Waals surface area (Å²) in [5.74, 6) is -1.15. The number of esters is 2. The van der Waals surface area contributed by atoms with E-state index < -0.39 is 11.9 Å². The van der Waals surface area contributed by atoms with Gasteiger partial charge in [-0.05, 0) is 18.2 Å². The van der Waals surface area contributed by atoms with Crippen LogP contribution in [0.4, 0.5) is 0 Å². The minimum Gasteiger partial charge on any atom is -0.465 e. The first-order chi connectivity index (χ1) is 6.70. The molecule has 0 fully saturated rings. The zero-order valence-electron chi connectivity index (χ0n) is 7.87. The first kappa shape index (κ1) is 10.2. The van der Waals surface area contributed by atoms with Crippen molar-refractivity contribution in [3.63, 3.8) is 0 Å². The highest BCUT2D eigenvalue weighted by Crippen LogP contribution is 2.10. The lowest BCUT2D eigenvalue weighted by Crippen LogP contribution is -2.11. The predicted molar refractivity (Wildman–Crippen MR) is 48.0 cm³/mol. The molecule has 14 heavy (non-hydrogen) atoms. The highest BCUT2D eigenvalue weighted by Gasteiger charge is 2.16. The second kappa shape index (κ2) is 4.41. The molecule has 0 bridgehead atoms. The molecule has 4 heteroatoms. The third-order valence-corrected chi connectivity index (χ3v) is 1.67. The zero-order chi connectivity index (χ0) is 10.6. The SMILES string of the molecule is COC(=O)c1c[c]ccc1C(=O)OC. The second-order valence-corrected chi connectivity index (χ2v) is 2.45. The predicted octanol–water partition coefficient (Wildman–Crippen LogP) is 1.06. The first-order valence-electron chi connectivity index (χ1n) is 3.87. The summed E-state index contributed by atoms with van der Waals surface area (Å²) in [5.41, 5.74) is 0.333. The molecule has 0 N–H and O–H groups in total. The van der Waals surface area contributed by atoms with Crippen LogP contribution in [0.15, 0.2) is 18.2 Å². The van der Waals surface area contributed by atoms with Gasteiger partial charge in [-0.2, -0.15) is 0 Å². The number of methoxy groups -OCH3 is 2. The maximum atomic E-state index is 11.2. The molecule has 1 radical (unpaired) electrons. The summed E-state index contributed by atoms with van der Waals surface area (Å²) in [6.45, 7) is 0. The molecule has 0 aliphatic rings. The van der Waals surface area contributed by atoms with Crippen LogP contribution < -0.4 is 0 Å². The smallest absolute Gasteiger partial charge is 0.338 e. The third-order valence-electron chi connectivity index (χ3n) is 1.67. The maximum Gasteiger partial charge on any atom is 0.338 e. The number of carbonyl (C=O) groups is 2. The molecule has 1 rings (SSSR count). The van der Waals surface area contributed by atoms with Gasteiger partial charge in [-0.15, -0.1) is 0 Å². The molecular formula is C10H9O4. The molecule has 0 heterocycles. The molecule has 1 aromatic carbocycles. The molecule has 1 aromatic rings. The van der Waals surface area contributed by atoms with E-state index in [1.807, 2.05) is 0 Å². The van der Waals surface area contributed by atoms with Gasteiger partial charge in [0.2, 0.25) is 0 Å². The van der Waals surface area contributed by atoms with Crippen molar-refractivity contribution >= 4 is 11.9 Å². The number of ether oxygens (including phenoxy) is 2. The van der Waals surface area contributed by atoms with E-state index in [4.69, 9.17) is 0 Å². The lowest BCUT2D eigenvalue weighted by atomic mass is 10.1. The van der Waals surface area contributed by atoms with Crippen LogP contribution in [0.5, 0.6) is 0 Å². The van der Waals surface area contributed by atoms with Crippen molar-refractivity contribution in [1.82, 2.24) is 0 Å². The quantitative estimate of drug-likeness (QED) is 0.659. The van der Waals surface area contributed by atoms with Crippen LogP contribution >= 0.6 is 0 Å². The highest BCUT2D eigenvalue weighted by atomic mass is 16.5. The van der Waals surface area contributed by atoms with Gasteiger partial charge in [-0.1, -0.05) is 6.07 Å². The second-order valence-electron chi connectivity index (χ2n) is 2.45. The van der Waals surface area contributed by atoms with Gasteiger partial charge in [-0.25, -0.2) is 9.59 Å². The number of benzene rings is 1. The fourth-order valence-corrected chi connectivity index (χ4v) is 0.997. The van der Waals surface area contributed by atoms with E-state index in [2.05, 4.69) is 15.5 Å². The molecule has 0 saturated carbocycles. The van der Waals surface area contributed by atoms with E-state index in [-0.39, 0.29) is 11.1 Å². The minimum atomic E-state index is -0.581. The Morgan fingerprint density at radius 1 is 1.14 bits per heavy atom. The Morgan fingerprint density at radius 3 is 2.29 bits per heavy atom. The number of rotatable bonds is 2. The molecule has 0 amide bonds. The fraction of sp³-hybridized carbons (Fsp3) is 0.200. The number of hydrogen-bond acceptors (Lipinski definition) is 4. The summed E-state index contributed by atoms with van der Waals surface area (Å²) >= 11 is 0. The van der Waals surface area contributed by atoms with Crippen LogP contribution in [-0.2, 0) is 9.47 Å². The average molecular weight is 193 g/mol. The number of carbonyl (C=O) groups excluding carboxylic acids is 2. The summed E-state index contributed by atoms with van der Waals surface area (Å²) in [6.07, 6.45) is 0. The van der Waals surface area contributed by atoms with Gasteiger partial charge in [-0.3, -0.25) is 0 Å². The zero-order valence-corrected chi connectivity index (χ0v) is 7.87. The normalized spacial score (nSPS) is 9.29. The average Bonchev–Trinajstić information content (AvgIpc) is 2.27. The standard InChI is InChI=1S/C10H9O4/c1-13-9(11)7-5-3-4-6-8(7)10(12)14-2/h3,5-6H,1-2H3. The molecule has 0 saturated heterocycles. The molecule has 0 unspecified atom stereocenters. The Labute approximate surface area is 81.4 Å². The van der Waals surface area contributed by atoms with Gasteiger partial charge in [0.15, 0.2) is 0 Å². The summed E-state index contributed by atoms with van der Waals surface area (Å²) in [7, 11) is 2.50. The largest absolute Gasteiger partial charge is 0.465 e. The van der Waals surface area contributed by atoms with Crippen LogP contribution in [-0.4, -0.2) is 26.2 Å². The van der Waals surface area contributed by atoms with E-state index in [0.29, 0.717) is 0 Å². The van der Waals surface area contributed by atoms with Crippen molar-refractivity contribution in [3.05, 3.63) is 35.4 Å². The minimum absolute atomic E-state index is 0.154. The van der Waals surface area contributed by atoms with Crippen molar-refractivity contribution in [2.75, 3.05) is 14.2 Å². The Balaban J connectivity index is 3.15. The van der Waals surface area contributed by atoms with Gasteiger partial charge in [0.25, 0.3) is 0 Å². The van der Waals surface area contributed by atoms with Crippen LogP contribution in [0.3, 0.4) is 0 Å². The lowest BCUT2D eigenvalue weighted by molar-refractivity contribution is 0.0555. The Kier molecular flexibility index (Phi) is 3.23. The van der Waals surface area contributed by atoms with Crippen molar-refractivity contribution in [2.45, 2.75) is 0 Å². The summed E-state index contributed by atoms with van der Waals surface area (Å²) in [6, 6.07) is 7.06. The molecule has 0 aliphatic heterocycles. The lowest BCUT2D eigenvalue weighted by Gasteiger charge is -2.04. The summed E-state index contributed by atoms with van der Waals surface area (Å²) < 4.78 is 9.02. The topological polar surface area (TPSA) is 52.6 Å².